The van der Waals surface area contributed by atoms with Gasteiger partial charge in [0.15, 0.2) is 0 Å². The van der Waals surface area contributed by atoms with Gasteiger partial charge in [-0.1, -0.05) is 13.0 Å². The van der Waals surface area contributed by atoms with Gasteiger partial charge >= 0.3 is 0 Å². The number of hydrogen-bond acceptors (Lipinski definition) is 1. The second-order valence-electron chi connectivity index (χ2n) is 4.69. The van der Waals surface area contributed by atoms with E-state index >= 15 is 0 Å². The first-order valence-corrected chi connectivity index (χ1v) is 5.98. The minimum atomic E-state index is 0.576. The molecule has 1 heteroatoms. The van der Waals surface area contributed by atoms with E-state index in [-0.39, 0.29) is 0 Å². The average molecular weight is 203 g/mol. The molecule has 1 unspecified atom stereocenters. The molecule has 1 aromatic carbocycles. The fraction of sp³-hybridized carbons (Fsp3) is 0.571. The fourth-order valence-corrected chi connectivity index (χ4v) is 2.80. The highest BCUT2D eigenvalue weighted by atomic mass is 14.9. The zero-order chi connectivity index (χ0) is 11.0. The van der Waals surface area contributed by atoms with Crippen molar-refractivity contribution in [3.05, 3.63) is 33.9 Å². The Morgan fingerprint density at radius 3 is 2.67 bits per heavy atom. The predicted molar refractivity (Wildman–Crippen MR) is 65.4 cm³/mol. The Kier molecular flexibility index (Phi) is 2.83. The van der Waals surface area contributed by atoms with E-state index in [4.69, 9.17) is 0 Å². The molecule has 1 aliphatic rings. The quantitative estimate of drug-likeness (QED) is 0.739. The van der Waals surface area contributed by atoms with Crippen LogP contribution in [0.4, 0.5) is 0 Å². The van der Waals surface area contributed by atoms with Crippen molar-refractivity contribution in [1.82, 2.24) is 5.32 Å². The molecule has 0 aliphatic carbocycles. The van der Waals surface area contributed by atoms with Crippen LogP contribution in [0, 0.1) is 20.8 Å². The lowest BCUT2D eigenvalue weighted by Gasteiger charge is -2.30. The lowest BCUT2D eigenvalue weighted by molar-refractivity contribution is 0.488. The van der Waals surface area contributed by atoms with Crippen LogP contribution in [-0.2, 0) is 6.42 Å². The molecule has 0 amide bonds. The Morgan fingerprint density at radius 2 is 2.00 bits per heavy atom. The average Bonchev–Trinajstić information content (AvgIpc) is 2.25. The smallest absolute Gasteiger partial charge is 0.0323 e. The number of hydrogen-bond donors (Lipinski definition) is 1. The van der Waals surface area contributed by atoms with Gasteiger partial charge in [0.2, 0.25) is 0 Å². The van der Waals surface area contributed by atoms with Crippen LogP contribution >= 0.6 is 0 Å². The maximum absolute atomic E-state index is 3.62. The van der Waals surface area contributed by atoms with Gasteiger partial charge in [0, 0.05) is 6.04 Å². The Balaban J connectivity index is 2.62. The predicted octanol–water partition coefficient (Wildman–Crippen LogP) is 3.21. The zero-order valence-electron chi connectivity index (χ0n) is 10.3. The molecule has 1 aromatic rings. The third-order valence-electron chi connectivity index (χ3n) is 3.75. The highest BCUT2D eigenvalue weighted by Gasteiger charge is 2.22. The Bertz CT molecular complexity index is 379. The van der Waals surface area contributed by atoms with Gasteiger partial charge in [-0.15, -0.1) is 0 Å². The molecule has 0 bridgehead atoms. The van der Waals surface area contributed by atoms with Gasteiger partial charge in [0.1, 0.15) is 0 Å². The van der Waals surface area contributed by atoms with E-state index in [1.807, 2.05) is 0 Å². The number of fused-ring (bicyclic) bond motifs is 1. The summed E-state index contributed by atoms with van der Waals surface area (Å²) >= 11 is 0. The van der Waals surface area contributed by atoms with Gasteiger partial charge < -0.3 is 5.32 Å². The first kappa shape index (κ1) is 10.7. The van der Waals surface area contributed by atoms with Crippen molar-refractivity contribution in [2.24, 2.45) is 0 Å². The highest BCUT2D eigenvalue weighted by molar-refractivity contribution is 5.47. The largest absolute Gasteiger partial charge is 0.310 e. The SMILES string of the molecule is CCC1NCCc2c(C)cc(C)c(C)c21. The van der Waals surface area contributed by atoms with Gasteiger partial charge in [-0.2, -0.15) is 0 Å². The molecule has 0 radical (unpaired) electrons. The second kappa shape index (κ2) is 3.97. The summed E-state index contributed by atoms with van der Waals surface area (Å²) in [6.45, 7) is 10.1. The lowest BCUT2D eigenvalue weighted by Crippen LogP contribution is -2.31. The van der Waals surface area contributed by atoms with Crippen LogP contribution in [0.15, 0.2) is 6.07 Å². The maximum Gasteiger partial charge on any atom is 0.0323 e. The molecule has 1 heterocycles. The molecule has 0 saturated heterocycles. The van der Waals surface area contributed by atoms with Crippen molar-refractivity contribution in [2.75, 3.05) is 6.54 Å². The van der Waals surface area contributed by atoms with Crippen molar-refractivity contribution in [3.8, 4) is 0 Å². The molecule has 1 N–H and O–H groups in total. The van der Waals surface area contributed by atoms with E-state index in [2.05, 4.69) is 39.1 Å². The summed E-state index contributed by atoms with van der Waals surface area (Å²) in [6, 6.07) is 2.92. The van der Waals surface area contributed by atoms with Crippen LogP contribution in [0.5, 0.6) is 0 Å². The summed E-state index contributed by atoms with van der Waals surface area (Å²) in [5.41, 5.74) is 7.60. The second-order valence-corrected chi connectivity index (χ2v) is 4.69. The van der Waals surface area contributed by atoms with Gasteiger partial charge in [-0.3, -0.25) is 0 Å². The summed E-state index contributed by atoms with van der Waals surface area (Å²) in [4.78, 5) is 0. The minimum Gasteiger partial charge on any atom is -0.310 e. The van der Waals surface area contributed by atoms with E-state index in [0.717, 1.165) is 6.54 Å². The van der Waals surface area contributed by atoms with Crippen molar-refractivity contribution >= 4 is 0 Å². The molecule has 0 saturated carbocycles. The topological polar surface area (TPSA) is 12.0 Å². The minimum absolute atomic E-state index is 0.576. The van der Waals surface area contributed by atoms with E-state index in [9.17, 15) is 0 Å². The standard InChI is InChI=1S/C14H21N/c1-5-13-14-11(4)9(2)8-10(3)12(14)6-7-15-13/h8,13,15H,5-7H2,1-4H3. The van der Waals surface area contributed by atoms with Crippen molar-refractivity contribution in [1.29, 1.82) is 0 Å². The molecule has 0 fully saturated rings. The van der Waals surface area contributed by atoms with Crippen molar-refractivity contribution < 1.29 is 0 Å². The molecule has 15 heavy (non-hydrogen) atoms. The Morgan fingerprint density at radius 1 is 1.27 bits per heavy atom. The van der Waals surface area contributed by atoms with Crippen LogP contribution in [0.3, 0.4) is 0 Å². The molecule has 2 rings (SSSR count). The van der Waals surface area contributed by atoms with Crippen LogP contribution in [-0.4, -0.2) is 6.54 Å². The molecule has 0 aromatic heterocycles. The van der Waals surface area contributed by atoms with Gasteiger partial charge in [-0.25, -0.2) is 0 Å². The summed E-state index contributed by atoms with van der Waals surface area (Å²) in [5, 5.41) is 3.62. The number of nitrogens with one attached hydrogen (secondary N) is 1. The Hall–Kier alpha value is -0.820. The third-order valence-corrected chi connectivity index (χ3v) is 3.75. The van der Waals surface area contributed by atoms with Gasteiger partial charge in [0.25, 0.3) is 0 Å². The van der Waals surface area contributed by atoms with Crippen molar-refractivity contribution in [3.63, 3.8) is 0 Å². The normalized spacial score (nSPS) is 20.1. The summed E-state index contributed by atoms with van der Waals surface area (Å²) < 4.78 is 0. The van der Waals surface area contributed by atoms with Crippen LogP contribution < -0.4 is 5.32 Å². The van der Waals surface area contributed by atoms with E-state index in [1.54, 1.807) is 11.1 Å². The molecule has 1 atom stereocenters. The molecular weight excluding hydrogens is 182 g/mol. The summed E-state index contributed by atoms with van der Waals surface area (Å²) in [5.74, 6) is 0. The van der Waals surface area contributed by atoms with E-state index in [1.165, 1.54) is 29.5 Å². The van der Waals surface area contributed by atoms with Crippen molar-refractivity contribution in [2.45, 2.75) is 46.6 Å². The molecule has 1 aliphatic heterocycles. The molecular formula is C14H21N. The molecule has 0 spiro atoms. The van der Waals surface area contributed by atoms with E-state index < -0.39 is 0 Å². The van der Waals surface area contributed by atoms with E-state index in [0.29, 0.717) is 6.04 Å². The van der Waals surface area contributed by atoms with Crippen LogP contribution in [0.1, 0.15) is 47.2 Å². The first-order chi connectivity index (χ1) is 7.15. The summed E-state index contributed by atoms with van der Waals surface area (Å²) in [6.07, 6.45) is 2.38. The summed E-state index contributed by atoms with van der Waals surface area (Å²) in [7, 11) is 0. The van der Waals surface area contributed by atoms with Gasteiger partial charge in [-0.05, 0) is 68.0 Å². The lowest BCUT2D eigenvalue weighted by atomic mass is 9.84. The zero-order valence-corrected chi connectivity index (χ0v) is 10.3. The van der Waals surface area contributed by atoms with Gasteiger partial charge in [0.05, 0.1) is 0 Å². The van der Waals surface area contributed by atoms with Crippen LogP contribution in [0.25, 0.3) is 0 Å². The number of rotatable bonds is 1. The maximum atomic E-state index is 3.62. The number of aryl methyl sites for hydroxylation is 2. The fourth-order valence-electron chi connectivity index (χ4n) is 2.80. The first-order valence-electron chi connectivity index (χ1n) is 5.98. The highest BCUT2D eigenvalue weighted by Crippen LogP contribution is 2.32. The number of benzene rings is 1. The Labute approximate surface area is 92.9 Å². The molecule has 82 valence electrons. The third kappa shape index (κ3) is 1.69. The monoisotopic (exact) mass is 203 g/mol. The van der Waals surface area contributed by atoms with Crippen LogP contribution in [0.2, 0.25) is 0 Å². The molecule has 1 nitrogen and oxygen atoms in total.